The van der Waals surface area contributed by atoms with Gasteiger partial charge >= 0.3 is 6.18 Å². The SMILES string of the molecule is NCc1nc(-c2cc(Br)cc(C(F)(F)F)c2O)no1. The molecular weight excluding hydrogens is 331 g/mol. The molecule has 5 nitrogen and oxygen atoms in total. The molecule has 1 aromatic carbocycles. The summed E-state index contributed by atoms with van der Waals surface area (Å²) in [6.45, 7) is -0.0477. The molecular formula is C10H7BrF3N3O2. The van der Waals surface area contributed by atoms with Crippen LogP contribution >= 0.6 is 15.9 Å². The van der Waals surface area contributed by atoms with Crippen molar-refractivity contribution in [2.75, 3.05) is 0 Å². The third kappa shape index (κ3) is 2.71. The summed E-state index contributed by atoms with van der Waals surface area (Å²) in [4.78, 5) is 3.77. The fourth-order valence-corrected chi connectivity index (χ4v) is 1.89. The van der Waals surface area contributed by atoms with Gasteiger partial charge in [-0.05, 0) is 12.1 Å². The number of hydrogen-bond donors (Lipinski definition) is 2. The Balaban J connectivity index is 2.61. The maximum atomic E-state index is 12.7. The minimum absolute atomic E-state index is 0.0477. The lowest BCUT2D eigenvalue weighted by Crippen LogP contribution is -2.06. The van der Waals surface area contributed by atoms with Crippen molar-refractivity contribution in [1.29, 1.82) is 0 Å². The number of nitrogens with two attached hydrogens (primary N) is 1. The number of aromatic hydroxyl groups is 1. The van der Waals surface area contributed by atoms with Gasteiger partial charge < -0.3 is 15.4 Å². The van der Waals surface area contributed by atoms with Crippen LogP contribution in [-0.4, -0.2) is 15.2 Å². The first kappa shape index (κ1) is 13.8. The number of rotatable bonds is 2. The summed E-state index contributed by atoms with van der Waals surface area (Å²) in [7, 11) is 0. The van der Waals surface area contributed by atoms with Gasteiger partial charge in [-0.1, -0.05) is 21.1 Å². The van der Waals surface area contributed by atoms with Crippen molar-refractivity contribution in [3.8, 4) is 17.1 Å². The molecule has 0 atom stereocenters. The van der Waals surface area contributed by atoms with Crippen LogP contribution in [0.25, 0.3) is 11.4 Å². The van der Waals surface area contributed by atoms with Crippen LogP contribution in [0.5, 0.6) is 5.75 Å². The summed E-state index contributed by atoms with van der Waals surface area (Å²) in [5, 5.41) is 13.2. The lowest BCUT2D eigenvalue weighted by molar-refractivity contribution is -0.138. The average molecular weight is 338 g/mol. The number of hydrogen-bond acceptors (Lipinski definition) is 5. The summed E-state index contributed by atoms with van der Waals surface area (Å²) in [5.74, 6) is -1.06. The van der Waals surface area contributed by atoms with E-state index in [4.69, 9.17) is 10.3 Å². The molecule has 1 aromatic heterocycles. The van der Waals surface area contributed by atoms with E-state index in [0.29, 0.717) is 0 Å². The first-order valence-electron chi connectivity index (χ1n) is 4.95. The molecule has 19 heavy (non-hydrogen) atoms. The molecule has 0 saturated carbocycles. The Bertz CT molecular complexity index is 613. The van der Waals surface area contributed by atoms with E-state index in [1.165, 1.54) is 6.07 Å². The fraction of sp³-hybridized carbons (Fsp3) is 0.200. The van der Waals surface area contributed by atoms with Crippen LogP contribution in [0, 0.1) is 0 Å². The summed E-state index contributed by atoms with van der Waals surface area (Å²) >= 11 is 2.94. The lowest BCUT2D eigenvalue weighted by Gasteiger charge is -2.11. The average Bonchev–Trinajstić information content (AvgIpc) is 2.78. The monoisotopic (exact) mass is 337 g/mol. The van der Waals surface area contributed by atoms with Crippen LogP contribution in [0.1, 0.15) is 11.5 Å². The number of halogens is 4. The second-order valence-corrected chi connectivity index (χ2v) is 4.48. The fourth-order valence-electron chi connectivity index (χ4n) is 1.43. The Morgan fingerprint density at radius 2 is 2.05 bits per heavy atom. The Kier molecular flexibility index (Phi) is 3.50. The zero-order valence-corrected chi connectivity index (χ0v) is 10.8. The zero-order chi connectivity index (χ0) is 14.2. The standard InChI is InChI=1S/C10H7BrF3N3O2/c11-4-1-5(9-16-7(3-15)19-17-9)8(18)6(2-4)10(12,13)14/h1-2,18H,3,15H2. The van der Waals surface area contributed by atoms with Crippen molar-refractivity contribution in [1.82, 2.24) is 10.1 Å². The summed E-state index contributed by atoms with van der Waals surface area (Å²) in [6, 6.07) is 2.03. The first-order valence-corrected chi connectivity index (χ1v) is 5.75. The van der Waals surface area contributed by atoms with Gasteiger partial charge in [0, 0.05) is 4.47 Å². The molecule has 0 unspecified atom stereocenters. The van der Waals surface area contributed by atoms with E-state index < -0.39 is 17.5 Å². The molecule has 0 aliphatic rings. The second-order valence-electron chi connectivity index (χ2n) is 3.56. The summed E-state index contributed by atoms with van der Waals surface area (Å²) in [6.07, 6.45) is -4.69. The quantitative estimate of drug-likeness (QED) is 0.879. The van der Waals surface area contributed by atoms with E-state index in [-0.39, 0.29) is 28.3 Å². The molecule has 0 aliphatic heterocycles. The topological polar surface area (TPSA) is 85.2 Å². The highest BCUT2D eigenvalue weighted by Crippen LogP contribution is 2.42. The van der Waals surface area contributed by atoms with E-state index in [9.17, 15) is 18.3 Å². The van der Waals surface area contributed by atoms with Crippen LogP contribution < -0.4 is 5.73 Å². The highest BCUT2D eigenvalue weighted by atomic mass is 79.9. The van der Waals surface area contributed by atoms with Gasteiger partial charge in [0.1, 0.15) is 5.75 Å². The number of nitrogens with zero attached hydrogens (tertiary/aromatic N) is 2. The smallest absolute Gasteiger partial charge is 0.420 e. The number of phenolic OH excluding ortho intramolecular Hbond substituents is 1. The van der Waals surface area contributed by atoms with E-state index in [2.05, 4.69) is 26.1 Å². The van der Waals surface area contributed by atoms with Crippen molar-refractivity contribution < 1.29 is 22.8 Å². The van der Waals surface area contributed by atoms with Gasteiger partial charge in [-0.2, -0.15) is 18.2 Å². The predicted molar refractivity (Wildman–Crippen MR) is 62.0 cm³/mol. The van der Waals surface area contributed by atoms with Crippen molar-refractivity contribution in [2.45, 2.75) is 12.7 Å². The van der Waals surface area contributed by atoms with Crippen LogP contribution in [0.15, 0.2) is 21.1 Å². The maximum Gasteiger partial charge on any atom is 0.420 e. The van der Waals surface area contributed by atoms with Crippen LogP contribution in [0.3, 0.4) is 0 Å². The molecule has 0 bridgehead atoms. The molecule has 102 valence electrons. The van der Waals surface area contributed by atoms with Crippen molar-refractivity contribution in [3.05, 3.63) is 28.1 Å². The Labute approximate surface area is 113 Å². The van der Waals surface area contributed by atoms with Crippen LogP contribution in [0.4, 0.5) is 13.2 Å². The highest BCUT2D eigenvalue weighted by molar-refractivity contribution is 9.10. The van der Waals surface area contributed by atoms with Crippen molar-refractivity contribution in [3.63, 3.8) is 0 Å². The molecule has 9 heteroatoms. The maximum absolute atomic E-state index is 12.7. The van der Waals surface area contributed by atoms with E-state index in [1.54, 1.807) is 0 Å². The predicted octanol–water partition coefficient (Wildman–Crippen LogP) is 2.68. The minimum atomic E-state index is -4.69. The van der Waals surface area contributed by atoms with Crippen LogP contribution in [-0.2, 0) is 12.7 Å². The Morgan fingerprint density at radius 1 is 1.37 bits per heavy atom. The largest absolute Gasteiger partial charge is 0.507 e. The van der Waals surface area contributed by atoms with Gasteiger partial charge in [-0.25, -0.2) is 0 Å². The van der Waals surface area contributed by atoms with Crippen LogP contribution in [0.2, 0.25) is 0 Å². The van der Waals surface area contributed by atoms with Gasteiger partial charge in [-0.15, -0.1) is 0 Å². The normalized spacial score (nSPS) is 11.8. The molecule has 0 amide bonds. The number of phenols is 1. The van der Waals surface area contributed by atoms with E-state index in [1.807, 2.05) is 0 Å². The van der Waals surface area contributed by atoms with Gasteiger partial charge in [-0.3, -0.25) is 0 Å². The van der Waals surface area contributed by atoms with Crippen molar-refractivity contribution >= 4 is 15.9 Å². The number of aromatic nitrogens is 2. The minimum Gasteiger partial charge on any atom is -0.507 e. The van der Waals surface area contributed by atoms with Crippen molar-refractivity contribution in [2.24, 2.45) is 5.73 Å². The number of benzene rings is 1. The molecule has 1 heterocycles. The third-order valence-electron chi connectivity index (χ3n) is 2.26. The molecule has 3 N–H and O–H groups in total. The third-order valence-corrected chi connectivity index (χ3v) is 2.72. The van der Waals surface area contributed by atoms with Gasteiger partial charge in [0.15, 0.2) is 0 Å². The molecule has 0 aliphatic carbocycles. The zero-order valence-electron chi connectivity index (χ0n) is 9.20. The summed E-state index contributed by atoms with van der Waals surface area (Å²) < 4.78 is 43.0. The van der Waals surface area contributed by atoms with E-state index >= 15 is 0 Å². The Hall–Kier alpha value is -1.61. The molecule has 2 rings (SSSR count). The first-order chi connectivity index (χ1) is 8.82. The van der Waals surface area contributed by atoms with Gasteiger partial charge in [0.05, 0.1) is 17.7 Å². The van der Waals surface area contributed by atoms with E-state index in [0.717, 1.165) is 6.07 Å². The number of alkyl halides is 3. The second kappa shape index (κ2) is 4.82. The molecule has 2 aromatic rings. The summed E-state index contributed by atoms with van der Waals surface area (Å²) in [5.41, 5.74) is 3.89. The molecule has 0 spiro atoms. The highest BCUT2D eigenvalue weighted by Gasteiger charge is 2.36. The lowest BCUT2D eigenvalue weighted by atomic mass is 10.1. The molecule has 0 fully saturated rings. The van der Waals surface area contributed by atoms with Gasteiger partial charge in [0.2, 0.25) is 11.7 Å². The molecule has 0 saturated heterocycles. The Morgan fingerprint density at radius 3 is 2.58 bits per heavy atom. The van der Waals surface area contributed by atoms with Gasteiger partial charge in [0.25, 0.3) is 0 Å². The molecule has 0 radical (unpaired) electrons.